The number of hydrogen-bond acceptors (Lipinski definition) is 5. The number of nitrogens with one attached hydrogen (secondary N) is 1. The van der Waals surface area contributed by atoms with E-state index in [1.54, 1.807) is 12.4 Å². The molecule has 3 N–H and O–H groups in total. The van der Waals surface area contributed by atoms with Gasteiger partial charge in [-0.2, -0.15) is 4.98 Å². The zero-order chi connectivity index (χ0) is 13.1. The molecule has 3 rings (SSSR count). The Balaban J connectivity index is 1.89. The Labute approximate surface area is 109 Å². The van der Waals surface area contributed by atoms with E-state index in [1.165, 1.54) is 0 Å². The third-order valence-electron chi connectivity index (χ3n) is 2.71. The Bertz CT molecular complexity index is 680. The van der Waals surface area contributed by atoms with Crippen LogP contribution in [0.15, 0.2) is 48.9 Å². The highest BCUT2D eigenvalue weighted by atomic mass is 16.5. The number of fused-ring (bicyclic) bond motifs is 1. The van der Waals surface area contributed by atoms with Crippen molar-refractivity contribution >= 4 is 11.5 Å². The fourth-order valence-corrected chi connectivity index (χ4v) is 1.80. The maximum atomic E-state index is 5.72. The van der Waals surface area contributed by atoms with Gasteiger partial charge in [0.1, 0.15) is 6.61 Å². The van der Waals surface area contributed by atoms with Crippen LogP contribution in [0, 0.1) is 0 Å². The SMILES string of the molecule is NNc1cn2ccnc2c(OCc2ccccc2)n1. The van der Waals surface area contributed by atoms with Crippen LogP contribution in [0.3, 0.4) is 0 Å². The molecular formula is C13H13N5O. The second-order valence-electron chi connectivity index (χ2n) is 4.01. The van der Waals surface area contributed by atoms with Crippen molar-refractivity contribution in [1.29, 1.82) is 0 Å². The molecule has 0 fully saturated rings. The van der Waals surface area contributed by atoms with Gasteiger partial charge in [0.2, 0.25) is 5.65 Å². The van der Waals surface area contributed by atoms with E-state index in [4.69, 9.17) is 10.6 Å². The second kappa shape index (κ2) is 4.95. The van der Waals surface area contributed by atoms with Gasteiger partial charge in [-0.1, -0.05) is 30.3 Å². The number of ether oxygens (including phenoxy) is 1. The molecule has 0 unspecified atom stereocenters. The summed E-state index contributed by atoms with van der Waals surface area (Å²) in [5.41, 5.74) is 4.24. The fourth-order valence-electron chi connectivity index (χ4n) is 1.80. The Morgan fingerprint density at radius 2 is 2.11 bits per heavy atom. The number of aromatic nitrogens is 3. The molecule has 6 nitrogen and oxygen atoms in total. The lowest BCUT2D eigenvalue weighted by Gasteiger charge is -2.08. The van der Waals surface area contributed by atoms with Gasteiger partial charge in [-0.25, -0.2) is 10.8 Å². The Morgan fingerprint density at radius 1 is 1.26 bits per heavy atom. The van der Waals surface area contributed by atoms with Crippen LogP contribution in [0.25, 0.3) is 5.65 Å². The molecule has 96 valence electrons. The number of hydrazine groups is 1. The summed E-state index contributed by atoms with van der Waals surface area (Å²) >= 11 is 0. The van der Waals surface area contributed by atoms with Gasteiger partial charge in [-0.3, -0.25) is 4.40 Å². The minimum absolute atomic E-state index is 0.435. The molecular weight excluding hydrogens is 242 g/mol. The van der Waals surface area contributed by atoms with E-state index >= 15 is 0 Å². The molecule has 0 bridgehead atoms. The topological polar surface area (TPSA) is 77.5 Å². The monoisotopic (exact) mass is 255 g/mol. The molecule has 0 amide bonds. The van der Waals surface area contributed by atoms with E-state index in [0.29, 0.717) is 24.0 Å². The highest BCUT2D eigenvalue weighted by Gasteiger charge is 2.08. The Hall–Kier alpha value is -2.60. The number of hydrogen-bond donors (Lipinski definition) is 2. The molecule has 2 heterocycles. The van der Waals surface area contributed by atoms with Crippen molar-refractivity contribution in [1.82, 2.24) is 14.4 Å². The van der Waals surface area contributed by atoms with E-state index in [2.05, 4.69) is 15.4 Å². The lowest BCUT2D eigenvalue weighted by molar-refractivity contribution is 0.296. The van der Waals surface area contributed by atoms with Gasteiger partial charge in [0.15, 0.2) is 5.82 Å². The van der Waals surface area contributed by atoms with Crippen molar-refractivity contribution in [3.63, 3.8) is 0 Å². The highest BCUT2D eigenvalue weighted by Crippen LogP contribution is 2.19. The quantitative estimate of drug-likeness (QED) is 0.547. The lowest BCUT2D eigenvalue weighted by atomic mass is 10.2. The van der Waals surface area contributed by atoms with E-state index < -0.39 is 0 Å². The second-order valence-corrected chi connectivity index (χ2v) is 4.01. The standard InChI is InChI=1S/C13H13N5O/c14-17-11-8-18-7-6-15-12(18)13(16-11)19-9-10-4-2-1-3-5-10/h1-8,17H,9,14H2. The summed E-state index contributed by atoms with van der Waals surface area (Å²) in [5.74, 6) is 6.35. The van der Waals surface area contributed by atoms with Crippen LogP contribution < -0.4 is 16.0 Å². The summed E-state index contributed by atoms with van der Waals surface area (Å²) in [6.45, 7) is 0.435. The fraction of sp³-hybridized carbons (Fsp3) is 0.0769. The first-order valence-electron chi connectivity index (χ1n) is 5.84. The van der Waals surface area contributed by atoms with Crippen molar-refractivity contribution in [3.05, 3.63) is 54.5 Å². The molecule has 19 heavy (non-hydrogen) atoms. The molecule has 1 aromatic carbocycles. The molecule has 0 aliphatic carbocycles. The number of nitrogens with two attached hydrogens (primary N) is 1. The van der Waals surface area contributed by atoms with Gasteiger partial charge < -0.3 is 10.2 Å². The summed E-state index contributed by atoms with van der Waals surface area (Å²) in [4.78, 5) is 8.48. The third-order valence-corrected chi connectivity index (χ3v) is 2.71. The first kappa shape index (κ1) is 11.5. The number of anilines is 1. The van der Waals surface area contributed by atoms with Crippen molar-refractivity contribution in [2.24, 2.45) is 5.84 Å². The summed E-state index contributed by atoms with van der Waals surface area (Å²) in [6.07, 6.45) is 5.25. The lowest BCUT2D eigenvalue weighted by Crippen LogP contribution is -2.10. The van der Waals surface area contributed by atoms with Crippen LogP contribution in [0.5, 0.6) is 5.88 Å². The van der Waals surface area contributed by atoms with Crippen LogP contribution in [-0.4, -0.2) is 14.4 Å². The summed E-state index contributed by atoms with van der Waals surface area (Å²) < 4.78 is 7.52. The van der Waals surface area contributed by atoms with Crippen molar-refractivity contribution in [2.75, 3.05) is 5.43 Å². The molecule has 0 aliphatic rings. The average molecular weight is 255 g/mol. The van der Waals surface area contributed by atoms with Gasteiger partial charge in [0.05, 0.1) is 6.20 Å². The van der Waals surface area contributed by atoms with Crippen LogP contribution in [0.1, 0.15) is 5.56 Å². The Morgan fingerprint density at radius 3 is 2.89 bits per heavy atom. The molecule has 3 aromatic rings. The number of rotatable bonds is 4. The van der Waals surface area contributed by atoms with Crippen LogP contribution in [-0.2, 0) is 6.61 Å². The molecule has 0 spiro atoms. The van der Waals surface area contributed by atoms with Crippen molar-refractivity contribution in [3.8, 4) is 5.88 Å². The maximum Gasteiger partial charge on any atom is 0.260 e. The third kappa shape index (κ3) is 2.34. The van der Waals surface area contributed by atoms with Crippen LogP contribution in [0.4, 0.5) is 5.82 Å². The van der Waals surface area contributed by atoms with Gasteiger partial charge in [-0.15, -0.1) is 0 Å². The molecule has 0 saturated heterocycles. The highest BCUT2D eigenvalue weighted by molar-refractivity contribution is 5.53. The van der Waals surface area contributed by atoms with Crippen molar-refractivity contribution in [2.45, 2.75) is 6.61 Å². The van der Waals surface area contributed by atoms with E-state index in [-0.39, 0.29) is 0 Å². The number of nitrogens with zero attached hydrogens (tertiary/aromatic N) is 3. The number of nitrogen functional groups attached to an aromatic ring is 1. The van der Waals surface area contributed by atoms with Crippen LogP contribution in [0.2, 0.25) is 0 Å². The molecule has 2 aromatic heterocycles. The predicted molar refractivity (Wildman–Crippen MR) is 71.6 cm³/mol. The van der Waals surface area contributed by atoms with Crippen LogP contribution >= 0.6 is 0 Å². The number of benzene rings is 1. The average Bonchev–Trinajstić information content (AvgIpc) is 2.94. The normalized spacial score (nSPS) is 10.6. The summed E-state index contributed by atoms with van der Waals surface area (Å²) in [6, 6.07) is 9.89. The molecule has 0 radical (unpaired) electrons. The predicted octanol–water partition coefficient (Wildman–Crippen LogP) is 1.59. The Kier molecular flexibility index (Phi) is 2.99. The minimum atomic E-state index is 0.435. The zero-order valence-corrected chi connectivity index (χ0v) is 10.2. The molecule has 0 saturated carbocycles. The largest absolute Gasteiger partial charge is 0.470 e. The summed E-state index contributed by atoms with van der Waals surface area (Å²) in [7, 11) is 0. The van der Waals surface area contributed by atoms with E-state index in [9.17, 15) is 0 Å². The van der Waals surface area contributed by atoms with Gasteiger partial charge >= 0.3 is 0 Å². The zero-order valence-electron chi connectivity index (χ0n) is 10.2. The van der Waals surface area contributed by atoms with Gasteiger partial charge in [-0.05, 0) is 5.56 Å². The van der Waals surface area contributed by atoms with E-state index in [1.807, 2.05) is 40.9 Å². The maximum absolute atomic E-state index is 5.72. The molecule has 0 aliphatic heterocycles. The van der Waals surface area contributed by atoms with Crippen molar-refractivity contribution < 1.29 is 4.74 Å². The van der Waals surface area contributed by atoms with Gasteiger partial charge in [0.25, 0.3) is 5.88 Å². The molecule has 6 heteroatoms. The molecule has 0 atom stereocenters. The first-order valence-corrected chi connectivity index (χ1v) is 5.84. The minimum Gasteiger partial charge on any atom is -0.470 e. The number of imidazole rings is 1. The smallest absolute Gasteiger partial charge is 0.260 e. The van der Waals surface area contributed by atoms with Gasteiger partial charge in [0, 0.05) is 12.4 Å². The summed E-state index contributed by atoms with van der Waals surface area (Å²) in [5, 5.41) is 0. The first-order chi connectivity index (χ1) is 9.36. The van der Waals surface area contributed by atoms with E-state index in [0.717, 1.165) is 5.56 Å².